The minimum absolute atomic E-state index is 0.232. The minimum Gasteiger partial charge on any atom is -0.494 e. The van der Waals surface area contributed by atoms with Crippen LogP contribution >= 0.6 is 0 Å². The average molecular weight is 346 g/mol. The molecular weight excluding hydrogens is 319 g/mol. The summed E-state index contributed by atoms with van der Waals surface area (Å²) < 4.78 is 20.6. The van der Waals surface area contributed by atoms with Crippen LogP contribution in [-0.4, -0.2) is 45.9 Å². The maximum Gasteiger partial charge on any atom is 0.147 e. The monoisotopic (exact) mass is 346 g/mol. The number of halogens is 1. The molecule has 1 aromatic heterocycles. The third-order valence-corrected chi connectivity index (χ3v) is 4.70. The van der Waals surface area contributed by atoms with Gasteiger partial charge in [-0.3, -0.25) is 0 Å². The molecule has 25 heavy (non-hydrogen) atoms. The van der Waals surface area contributed by atoms with E-state index in [1.54, 1.807) is 12.1 Å². The molecule has 1 aliphatic rings. The first-order chi connectivity index (χ1) is 12.1. The van der Waals surface area contributed by atoms with Crippen LogP contribution in [0.2, 0.25) is 0 Å². The van der Waals surface area contributed by atoms with E-state index in [9.17, 15) is 4.39 Å². The number of benzene rings is 1. The fourth-order valence-electron chi connectivity index (χ4n) is 3.49. The standard InChI is InChI=1S/C19H27FN4O/c1-15-21-16(2)24(22-15)14-17-5-3-10-23(13-17)11-4-12-25-19-8-6-18(20)7-9-19/h6-9,17H,3-5,10-14H2,1-2H3/t17-/m1/s1. The first-order valence-electron chi connectivity index (χ1n) is 9.09. The van der Waals surface area contributed by atoms with Gasteiger partial charge in [0.1, 0.15) is 23.2 Å². The van der Waals surface area contributed by atoms with Gasteiger partial charge in [-0.15, -0.1) is 0 Å². The summed E-state index contributed by atoms with van der Waals surface area (Å²) in [5, 5.41) is 4.48. The van der Waals surface area contributed by atoms with Crippen LogP contribution in [0.5, 0.6) is 5.75 Å². The summed E-state index contributed by atoms with van der Waals surface area (Å²) in [5.41, 5.74) is 0. The molecule has 1 saturated heterocycles. The Balaban J connectivity index is 1.39. The lowest BCUT2D eigenvalue weighted by molar-refractivity contribution is 0.149. The topological polar surface area (TPSA) is 43.2 Å². The highest BCUT2D eigenvalue weighted by atomic mass is 19.1. The summed E-state index contributed by atoms with van der Waals surface area (Å²) in [6.45, 7) is 8.87. The number of piperidine rings is 1. The van der Waals surface area contributed by atoms with E-state index in [1.807, 2.05) is 18.5 Å². The van der Waals surface area contributed by atoms with E-state index in [-0.39, 0.29) is 5.82 Å². The first-order valence-corrected chi connectivity index (χ1v) is 9.09. The lowest BCUT2D eigenvalue weighted by atomic mass is 9.98. The van der Waals surface area contributed by atoms with Gasteiger partial charge in [-0.05, 0) is 69.8 Å². The number of hydrogen-bond acceptors (Lipinski definition) is 4. The quantitative estimate of drug-likeness (QED) is 0.722. The number of ether oxygens (including phenoxy) is 1. The van der Waals surface area contributed by atoms with Crippen molar-refractivity contribution in [2.75, 3.05) is 26.2 Å². The third-order valence-electron chi connectivity index (χ3n) is 4.70. The van der Waals surface area contributed by atoms with Gasteiger partial charge < -0.3 is 9.64 Å². The van der Waals surface area contributed by atoms with Gasteiger partial charge in [0, 0.05) is 19.6 Å². The summed E-state index contributed by atoms with van der Waals surface area (Å²) in [4.78, 5) is 6.90. The van der Waals surface area contributed by atoms with Crippen LogP contribution in [0.15, 0.2) is 24.3 Å². The zero-order valence-corrected chi connectivity index (χ0v) is 15.1. The van der Waals surface area contributed by atoms with Crippen LogP contribution in [0.4, 0.5) is 4.39 Å². The fourth-order valence-corrected chi connectivity index (χ4v) is 3.49. The molecule has 0 amide bonds. The lowest BCUT2D eigenvalue weighted by Crippen LogP contribution is -2.38. The van der Waals surface area contributed by atoms with Crippen molar-refractivity contribution in [3.05, 3.63) is 41.7 Å². The van der Waals surface area contributed by atoms with Gasteiger partial charge in [0.15, 0.2) is 0 Å². The number of hydrogen-bond donors (Lipinski definition) is 0. The normalized spacial score (nSPS) is 18.4. The molecule has 5 nitrogen and oxygen atoms in total. The largest absolute Gasteiger partial charge is 0.494 e. The Bertz CT molecular complexity index is 671. The lowest BCUT2D eigenvalue weighted by Gasteiger charge is -2.32. The minimum atomic E-state index is -0.232. The van der Waals surface area contributed by atoms with Gasteiger partial charge in [0.25, 0.3) is 0 Å². The Hall–Kier alpha value is -1.95. The summed E-state index contributed by atoms with van der Waals surface area (Å²) in [7, 11) is 0. The smallest absolute Gasteiger partial charge is 0.147 e. The Morgan fingerprint density at radius 1 is 1.24 bits per heavy atom. The average Bonchev–Trinajstić information content (AvgIpc) is 2.91. The van der Waals surface area contributed by atoms with E-state index in [2.05, 4.69) is 15.0 Å². The van der Waals surface area contributed by atoms with Crippen molar-refractivity contribution in [2.45, 2.75) is 39.7 Å². The first kappa shape index (κ1) is 17.9. The number of likely N-dealkylation sites (tertiary alicyclic amines) is 1. The van der Waals surface area contributed by atoms with Crippen molar-refractivity contribution in [3.8, 4) is 5.75 Å². The summed E-state index contributed by atoms with van der Waals surface area (Å²) in [6, 6.07) is 6.21. The van der Waals surface area contributed by atoms with E-state index < -0.39 is 0 Å². The number of aryl methyl sites for hydroxylation is 2. The van der Waals surface area contributed by atoms with Crippen molar-refractivity contribution in [3.63, 3.8) is 0 Å². The fraction of sp³-hybridized carbons (Fsp3) is 0.579. The van der Waals surface area contributed by atoms with E-state index in [0.717, 1.165) is 50.0 Å². The Labute approximate surface area is 148 Å². The maximum absolute atomic E-state index is 12.9. The van der Waals surface area contributed by atoms with Crippen molar-refractivity contribution in [1.29, 1.82) is 0 Å². The molecule has 0 saturated carbocycles. The predicted octanol–water partition coefficient (Wildman–Crippen LogP) is 3.22. The summed E-state index contributed by atoms with van der Waals surface area (Å²) in [6.07, 6.45) is 3.46. The predicted molar refractivity (Wildman–Crippen MR) is 95.2 cm³/mol. The molecule has 2 heterocycles. The molecule has 1 fully saturated rings. The van der Waals surface area contributed by atoms with Gasteiger partial charge in [-0.2, -0.15) is 5.10 Å². The Kier molecular flexibility index (Phi) is 6.02. The summed E-state index contributed by atoms with van der Waals surface area (Å²) >= 11 is 0. The molecule has 136 valence electrons. The van der Waals surface area contributed by atoms with Gasteiger partial charge in [-0.1, -0.05) is 0 Å². The summed E-state index contributed by atoms with van der Waals surface area (Å²) in [5.74, 6) is 2.98. The van der Waals surface area contributed by atoms with Gasteiger partial charge in [0.2, 0.25) is 0 Å². The van der Waals surface area contributed by atoms with Gasteiger partial charge >= 0.3 is 0 Å². The SMILES string of the molecule is Cc1nc(C)n(C[C@@H]2CCCN(CCCOc3ccc(F)cc3)C2)n1. The molecule has 0 unspecified atom stereocenters. The van der Waals surface area contributed by atoms with Crippen LogP contribution in [0.1, 0.15) is 30.9 Å². The molecule has 0 radical (unpaired) electrons. The van der Waals surface area contributed by atoms with Crippen LogP contribution in [0.3, 0.4) is 0 Å². The van der Waals surface area contributed by atoms with Gasteiger partial charge in [-0.25, -0.2) is 14.1 Å². The van der Waals surface area contributed by atoms with Crippen molar-refractivity contribution in [1.82, 2.24) is 19.7 Å². The van der Waals surface area contributed by atoms with E-state index >= 15 is 0 Å². The maximum atomic E-state index is 12.9. The second-order valence-electron chi connectivity index (χ2n) is 6.85. The molecule has 3 rings (SSSR count). The van der Waals surface area contributed by atoms with E-state index in [4.69, 9.17) is 4.74 Å². The zero-order chi connectivity index (χ0) is 17.6. The molecule has 0 spiro atoms. The molecule has 1 aliphatic heterocycles. The molecule has 1 atom stereocenters. The van der Waals surface area contributed by atoms with E-state index in [1.165, 1.54) is 25.0 Å². The second kappa shape index (κ2) is 8.43. The Morgan fingerprint density at radius 3 is 2.76 bits per heavy atom. The van der Waals surface area contributed by atoms with Crippen molar-refractivity contribution in [2.24, 2.45) is 5.92 Å². The number of rotatable bonds is 7. The molecular formula is C19H27FN4O. The second-order valence-corrected chi connectivity index (χ2v) is 6.85. The number of nitrogens with zero attached hydrogens (tertiary/aromatic N) is 4. The molecule has 0 bridgehead atoms. The Morgan fingerprint density at radius 2 is 2.04 bits per heavy atom. The van der Waals surface area contributed by atoms with Crippen LogP contribution in [0.25, 0.3) is 0 Å². The van der Waals surface area contributed by atoms with Crippen LogP contribution in [0, 0.1) is 25.6 Å². The van der Waals surface area contributed by atoms with Crippen LogP contribution in [-0.2, 0) is 6.54 Å². The third kappa shape index (κ3) is 5.26. The molecule has 0 N–H and O–H groups in total. The van der Waals surface area contributed by atoms with Gasteiger partial charge in [0.05, 0.1) is 6.61 Å². The van der Waals surface area contributed by atoms with Crippen LogP contribution < -0.4 is 4.74 Å². The molecule has 0 aliphatic carbocycles. The van der Waals surface area contributed by atoms with Crippen molar-refractivity contribution < 1.29 is 9.13 Å². The highest BCUT2D eigenvalue weighted by Crippen LogP contribution is 2.19. The molecule has 1 aromatic carbocycles. The zero-order valence-electron chi connectivity index (χ0n) is 15.1. The number of aromatic nitrogens is 3. The van der Waals surface area contributed by atoms with E-state index in [0.29, 0.717) is 12.5 Å². The van der Waals surface area contributed by atoms with Crippen molar-refractivity contribution >= 4 is 0 Å². The molecule has 6 heteroatoms. The highest BCUT2D eigenvalue weighted by Gasteiger charge is 2.21. The molecule has 2 aromatic rings. The highest BCUT2D eigenvalue weighted by molar-refractivity contribution is 5.21.